The lowest BCUT2D eigenvalue weighted by atomic mass is 9.99. The molecule has 0 spiro atoms. The average Bonchev–Trinajstić information content (AvgIpc) is 1.57. The van der Waals surface area contributed by atoms with Gasteiger partial charge in [-0.2, -0.15) is 0 Å². The molecule has 1 atom stereocenters. The molecule has 0 unspecified atom stereocenters. The summed E-state index contributed by atoms with van der Waals surface area (Å²) in [6.45, 7) is 4.91. The fraction of sp³-hybridized carbons (Fsp3) is 1.00. The van der Waals surface area contributed by atoms with Gasteiger partial charge < -0.3 is 4.90 Å². The maximum Gasteiger partial charge on any atom is 0.0134 e. The molecule has 2 heteroatoms. The number of rotatable bonds is 1. The molecule has 48 valence electrons. The van der Waals surface area contributed by atoms with E-state index < -0.39 is 0 Å². The number of hydrogen-bond acceptors (Lipinski definition) is 1. The van der Waals surface area contributed by atoms with Crippen LogP contribution >= 0.6 is 22.6 Å². The van der Waals surface area contributed by atoms with Gasteiger partial charge in [0.05, 0.1) is 0 Å². The second kappa shape index (κ2) is 2.52. The molecule has 0 bridgehead atoms. The maximum absolute atomic E-state index is 2.50. The molecule has 8 heavy (non-hydrogen) atoms. The van der Waals surface area contributed by atoms with E-state index in [-0.39, 0.29) is 0 Å². The zero-order valence-electron chi connectivity index (χ0n) is 5.39. The van der Waals surface area contributed by atoms with Crippen molar-refractivity contribution in [2.75, 3.05) is 20.1 Å². The summed E-state index contributed by atoms with van der Waals surface area (Å²) in [6, 6.07) is 0. The number of alkyl halides is 1. The third kappa shape index (κ3) is 1.35. The fourth-order valence-corrected chi connectivity index (χ4v) is 1.49. The zero-order valence-corrected chi connectivity index (χ0v) is 7.55. The molecule has 0 aromatic carbocycles. The first-order valence-electron chi connectivity index (χ1n) is 3.03. The standard InChI is InChI=1S/C6H12IN/c1-5(7)6-3-8(2)4-6/h5-6H,3-4H2,1-2H3/t5-/m0/s1. The van der Waals surface area contributed by atoms with Crippen molar-refractivity contribution in [3.63, 3.8) is 0 Å². The Kier molecular flexibility index (Phi) is 2.14. The molecule has 1 fully saturated rings. The Morgan fingerprint density at radius 3 is 2.25 bits per heavy atom. The summed E-state index contributed by atoms with van der Waals surface area (Å²) in [4.78, 5) is 2.36. The minimum atomic E-state index is 0.865. The van der Waals surface area contributed by atoms with E-state index >= 15 is 0 Å². The minimum absolute atomic E-state index is 0.865. The molecular weight excluding hydrogens is 213 g/mol. The molecule has 1 heterocycles. The van der Waals surface area contributed by atoms with Crippen molar-refractivity contribution < 1.29 is 0 Å². The van der Waals surface area contributed by atoms with Gasteiger partial charge in [-0.1, -0.05) is 29.5 Å². The highest BCUT2D eigenvalue weighted by molar-refractivity contribution is 14.1. The summed E-state index contributed by atoms with van der Waals surface area (Å²) in [5.74, 6) is 0.973. The van der Waals surface area contributed by atoms with Gasteiger partial charge in [0.25, 0.3) is 0 Å². The van der Waals surface area contributed by atoms with Crippen LogP contribution in [0.5, 0.6) is 0 Å². The van der Waals surface area contributed by atoms with Gasteiger partial charge in [0.15, 0.2) is 0 Å². The minimum Gasteiger partial charge on any atom is -0.306 e. The normalized spacial score (nSPS) is 27.4. The summed E-state index contributed by atoms with van der Waals surface area (Å²) >= 11 is 2.50. The van der Waals surface area contributed by atoms with Gasteiger partial charge in [0.1, 0.15) is 0 Å². The third-order valence-electron chi connectivity index (χ3n) is 1.74. The Balaban J connectivity index is 2.15. The van der Waals surface area contributed by atoms with Crippen molar-refractivity contribution in [2.45, 2.75) is 10.8 Å². The van der Waals surface area contributed by atoms with E-state index in [1.807, 2.05) is 0 Å². The van der Waals surface area contributed by atoms with Gasteiger partial charge in [-0.05, 0) is 13.0 Å². The summed E-state index contributed by atoms with van der Waals surface area (Å²) in [5.41, 5.74) is 0. The van der Waals surface area contributed by atoms with Gasteiger partial charge in [-0.15, -0.1) is 0 Å². The predicted octanol–water partition coefficient (Wildman–Crippen LogP) is 1.37. The predicted molar refractivity (Wildman–Crippen MR) is 44.5 cm³/mol. The molecule has 1 aliphatic heterocycles. The molecule has 0 N–H and O–H groups in total. The fourth-order valence-electron chi connectivity index (χ4n) is 1.04. The molecule has 1 rings (SSSR count). The van der Waals surface area contributed by atoms with E-state index in [1.165, 1.54) is 13.1 Å². The second-order valence-corrected chi connectivity index (χ2v) is 4.62. The SMILES string of the molecule is C[C@H](I)C1CN(C)C1. The highest BCUT2D eigenvalue weighted by Crippen LogP contribution is 2.21. The zero-order chi connectivity index (χ0) is 6.15. The van der Waals surface area contributed by atoms with Gasteiger partial charge in [-0.25, -0.2) is 0 Å². The van der Waals surface area contributed by atoms with Gasteiger partial charge in [-0.3, -0.25) is 0 Å². The first-order chi connectivity index (χ1) is 3.70. The molecule has 0 aromatic heterocycles. The van der Waals surface area contributed by atoms with Crippen molar-refractivity contribution in [3.05, 3.63) is 0 Å². The largest absolute Gasteiger partial charge is 0.306 e. The molecule has 0 aromatic rings. The van der Waals surface area contributed by atoms with E-state index in [4.69, 9.17) is 0 Å². The van der Waals surface area contributed by atoms with Gasteiger partial charge in [0, 0.05) is 17.0 Å². The Morgan fingerprint density at radius 1 is 1.62 bits per heavy atom. The molecular formula is C6H12IN. The lowest BCUT2D eigenvalue weighted by Gasteiger charge is -2.38. The van der Waals surface area contributed by atoms with Crippen LogP contribution in [0.2, 0.25) is 0 Å². The van der Waals surface area contributed by atoms with Crippen LogP contribution < -0.4 is 0 Å². The summed E-state index contributed by atoms with van der Waals surface area (Å²) in [7, 11) is 2.18. The lowest BCUT2D eigenvalue weighted by Crippen LogP contribution is -2.47. The summed E-state index contributed by atoms with van der Waals surface area (Å²) < 4.78 is 0.865. The molecule has 0 radical (unpaired) electrons. The summed E-state index contributed by atoms with van der Waals surface area (Å²) in [5, 5.41) is 0. The number of nitrogens with zero attached hydrogens (tertiary/aromatic N) is 1. The van der Waals surface area contributed by atoms with Crippen molar-refractivity contribution in [1.29, 1.82) is 0 Å². The third-order valence-corrected chi connectivity index (χ3v) is 2.76. The molecule has 0 aliphatic carbocycles. The Morgan fingerprint density at radius 2 is 2.12 bits per heavy atom. The van der Waals surface area contributed by atoms with Crippen LogP contribution in [-0.4, -0.2) is 29.0 Å². The summed E-state index contributed by atoms with van der Waals surface area (Å²) in [6.07, 6.45) is 0. The van der Waals surface area contributed by atoms with Crippen molar-refractivity contribution in [3.8, 4) is 0 Å². The Bertz CT molecular complexity index is 76.6. The van der Waals surface area contributed by atoms with E-state index in [0.717, 1.165) is 9.84 Å². The number of halogens is 1. The van der Waals surface area contributed by atoms with Crippen LogP contribution in [0.15, 0.2) is 0 Å². The van der Waals surface area contributed by atoms with E-state index in [9.17, 15) is 0 Å². The molecule has 0 amide bonds. The topological polar surface area (TPSA) is 3.24 Å². The first-order valence-corrected chi connectivity index (χ1v) is 4.27. The monoisotopic (exact) mass is 225 g/mol. The average molecular weight is 225 g/mol. The van der Waals surface area contributed by atoms with Crippen LogP contribution in [0.25, 0.3) is 0 Å². The molecule has 1 aliphatic rings. The van der Waals surface area contributed by atoms with Crippen LogP contribution in [0.3, 0.4) is 0 Å². The van der Waals surface area contributed by atoms with Crippen LogP contribution in [0.1, 0.15) is 6.92 Å². The second-order valence-electron chi connectivity index (χ2n) is 2.66. The number of likely N-dealkylation sites (tertiary alicyclic amines) is 1. The van der Waals surface area contributed by atoms with E-state index in [2.05, 4.69) is 41.5 Å². The van der Waals surface area contributed by atoms with Crippen molar-refractivity contribution in [2.24, 2.45) is 5.92 Å². The van der Waals surface area contributed by atoms with Crippen LogP contribution in [0, 0.1) is 5.92 Å². The van der Waals surface area contributed by atoms with Gasteiger partial charge >= 0.3 is 0 Å². The van der Waals surface area contributed by atoms with Crippen LogP contribution in [-0.2, 0) is 0 Å². The quantitative estimate of drug-likeness (QED) is 0.481. The van der Waals surface area contributed by atoms with Crippen LogP contribution in [0.4, 0.5) is 0 Å². The molecule has 1 saturated heterocycles. The van der Waals surface area contributed by atoms with Crippen molar-refractivity contribution >= 4 is 22.6 Å². The lowest BCUT2D eigenvalue weighted by molar-refractivity contribution is 0.139. The van der Waals surface area contributed by atoms with E-state index in [1.54, 1.807) is 0 Å². The highest BCUT2D eigenvalue weighted by Gasteiger charge is 2.26. The maximum atomic E-state index is 2.50. The Hall–Kier alpha value is 0.690. The van der Waals surface area contributed by atoms with E-state index in [0.29, 0.717) is 0 Å². The number of hydrogen-bond donors (Lipinski definition) is 0. The van der Waals surface area contributed by atoms with Crippen molar-refractivity contribution in [1.82, 2.24) is 4.90 Å². The first kappa shape index (κ1) is 6.81. The molecule has 1 nitrogen and oxygen atoms in total. The highest BCUT2D eigenvalue weighted by atomic mass is 127. The molecule has 0 saturated carbocycles. The van der Waals surface area contributed by atoms with Gasteiger partial charge in [0.2, 0.25) is 0 Å². The smallest absolute Gasteiger partial charge is 0.0134 e. The Labute approximate surface area is 64.6 Å².